The summed E-state index contributed by atoms with van der Waals surface area (Å²) in [5.41, 5.74) is 0.685. The van der Waals surface area contributed by atoms with Crippen molar-refractivity contribution < 1.29 is 15.0 Å². The number of hydrogen-bond donors (Lipinski definition) is 2. The molecule has 2 unspecified atom stereocenters. The highest BCUT2D eigenvalue weighted by molar-refractivity contribution is 8.13. The molecule has 0 amide bonds. The summed E-state index contributed by atoms with van der Waals surface area (Å²) in [6, 6.07) is 7.37. The van der Waals surface area contributed by atoms with Gasteiger partial charge in [0.25, 0.3) is 0 Å². The first-order chi connectivity index (χ1) is 9.59. The van der Waals surface area contributed by atoms with Gasteiger partial charge in [0.15, 0.2) is 5.12 Å². The Morgan fingerprint density at radius 3 is 2.90 bits per heavy atom. The average Bonchev–Trinajstić information content (AvgIpc) is 2.45. The summed E-state index contributed by atoms with van der Waals surface area (Å²) in [4.78, 5) is 14.9. The lowest BCUT2D eigenvalue weighted by molar-refractivity contribution is -0.109. The lowest BCUT2D eigenvalue weighted by Gasteiger charge is -2.19. The second-order valence-electron chi connectivity index (χ2n) is 4.58. The second-order valence-corrected chi connectivity index (χ2v) is 5.86. The van der Waals surface area contributed by atoms with Crippen LogP contribution < -0.4 is 0 Å². The number of aliphatic hydroxyl groups excluding tert-OH is 2. The zero-order valence-electron chi connectivity index (χ0n) is 11.2. The predicted octanol–water partition coefficient (Wildman–Crippen LogP) is 2.30. The molecule has 1 heterocycles. The molecule has 0 bridgehead atoms. The van der Waals surface area contributed by atoms with E-state index in [1.54, 1.807) is 18.5 Å². The number of carbonyl (C=O) groups is 1. The van der Waals surface area contributed by atoms with Crippen molar-refractivity contribution in [2.24, 2.45) is 0 Å². The van der Waals surface area contributed by atoms with Gasteiger partial charge in [-0.2, -0.15) is 0 Å². The standard InChI is InChI=1S/C15H17NO3S/c1-10(17)20-8-6-14(18)15(19)13-4-2-3-11-9-16-7-5-12(11)13/h2-5,7,9,14-15,18-19H,6,8H2,1H3. The van der Waals surface area contributed by atoms with Crippen molar-refractivity contribution in [3.8, 4) is 0 Å². The molecule has 0 aliphatic heterocycles. The van der Waals surface area contributed by atoms with E-state index in [1.807, 2.05) is 18.2 Å². The van der Waals surface area contributed by atoms with Gasteiger partial charge in [-0.25, -0.2) is 0 Å². The third-order valence-electron chi connectivity index (χ3n) is 3.12. The van der Waals surface area contributed by atoms with Crippen LogP contribution in [-0.2, 0) is 4.79 Å². The molecular weight excluding hydrogens is 274 g/mol. The molecule has 0 saturated heterocycles. The van der Waals surface area contributed by atoms with E-state index in [0.29, 0.717) is 17.7 Å². The Bertz CT molecular complexity index is 597. The van der Waals surface area contributed by atoms with Crippen molar-refractivity contribution in [3.63, 3.8) is 0 Å². The number of aliphatic hydroxyl groups is 2. The molecule has 5 heteroatoms. The summed E-state index contributed by atoms with van der Waals surface area (Å²) < 4.78 is 0. The molecule has 20 heavy (non-hydrogen) atoms. The fraction of sp³-hybridized carbons (Fsp3) is 0.333. The fourth-order valence-electron chi connectivity index (χ4n) is 2.09. The van der Waals surface area contributed by atoms with Crippen LogP contribution in [0, 0.1) is 0 Å². The maximum absolute atomic E-state index is 10.9. The predicted molar refractivity (Wildman–Crippen MR) is 80.5 cm³/mol. The van der Waals surface area contributed by atoms with Crippen LogP contribution in [0.15, 0.2) is 36.7 Å². The van der Waals surface area contributed by atoms with Crippen LogP contribution in [0.4, 0.5) is 0 Å². The zero-order chi connectivity index (χ0) is 14.5. The molecule has 4 nitrogen and oxygen atoms in total. The number of benzene rings is 1. The molecule has 106 valence electrons. The van der Waals surface area contributed by atoms with Gasteiger partial charge in [0.2, 0.25) is 0 Å². The Kier molecular flexibility index (Phi) is 5.11. The number of nitrogens with zero attached hydrogens (tertiary/aromatic N) is 1. The molecule has 2 atom stereocenters. The van der Waals surface area contributed by atoms with Gasteiger partial charge in [-0.05, 0) is 23.4 Å². The van der Waals surface area contributed by atoms with Gasteiger partial charge in [-0.3, -0.25) is 9.78 Å². The molecule has 2 aromatic rings. The van der Waals surface area contributed by atoms with E-state index in [0.717, 1.165) is 22.5 Å². The number of rotatable bonds is 5. The molecule has 0 aliphatic rings. The third-order valence-corrected chi connectivity index (χ3v) is 3.96. The molecule has 0 saturated carbocycles. The van der Waals surface area contributed by atoms with E-state index in [4.69, 9.17) is 0 Å². The van der Waals surface area contributed by atoms with Crippen LogP contribution in [-0.4, -0.2) is 32.2 Å². The van der Waals surface area contributed by atoms with Gasteiger partial charge in [0.05, 0.1) is 6.10 Å². The molecule has 1 aromatic heterocycles. The summed E-state index contributed by atoms with van der Waals surface area (Å²) >= 11 is 1.16. The van der Waals surface area contributed by atoms with E-state index >= 15 is 0 Å². The summed E-state index contributed by atoms with van der Waals surface area (Å²) in [5, 5.41) is 22.2. The van der Waals surface area contributed by atoms with Crippen LogP contribution in [0.5, 0.6) is 0 Å². The summed E-state index contributed by atoms with van der Waals surface area (Å²) in [7, 11) is 0. The smallest absolute Gasteiger partial charge is 0.185 e. The Balaban J connectivity index is 2.14. The average molecular weight is 291 g/mol. The Morgan fingerprint density at radius 2 is 2.15 bits per heavy atom. The van der Waals surface area contributed by atoms with Crippen LogP contribution >= 0.6 is 11.8 Å². The number of hydrogen-bond acceptors (Lipinski definition) is 5. The number of thioether (sulfide) groups is 1. The van der Waals surface area contributed by atoms with Gasteiger partial charge < -0.3 is 10.2 Å². The minimum absolute atomic E-state index is 0.0166. The number of pyridine rings is 1. The largest absolute Gasteiger partial charge is 0.390 e. The molecular formula is C15H17NO3S. The molecule has 0 fully saturated rings. The lowest BCUT2D eigenvalue weighted by Crippen LogP contribution is -2.19. The zero-order valence-corrected chi connectivity index (χ0v) is 12.0. The van der Waals surface area contributed by atoms with Gasteiger partial charge in [-0.1, -0.05) is 30.0 Å². The van der Waals surface area contributed by atoms with Crippen molar-refractivity contribution in [2.45, 2.75) is 25.6 Å². The maximum Gasteiger partial charge on any atom is 0.185 e. The minimum Gasteiger partial charge on any atom is -0.390 e. The second kappa shape index (κ2) is 6.83. The van der Waals surface area contributed by atoms with Gasteiger partial charge in [0, 0.05) is 30.5 Å². The van der Waals surface area contributed by atoms with E-state index in [1.165, 1.54) is 6.92 Å². The third kappa shape index (κ3) is 3.56. The SMILES string of the molecule is CC(=O)SCCC(O)C(O)c1cccc2cnccc12. The summed E-state index contributed by atoms with van der Waals surface area (Å²) in [6.45, 7) is 1.49. The molecule has 2 rings (SSSR count). The van der Waals surface area contributed by atoms with Crippen molar-refractivity contribution in [1.29, 1.82) is 0 Å². The first kappa shape index (κ1) is 15.0. The van der Waals surface area contributed by atoms with Crippen molar-refractivity contribution in [2.75, 3.05) is 5.75 Å². The molecule has 0 spiro atoms. The van der Waals surface area contributed by atoms with E-state index in [-0.39, 0.29) is 5.12 Å². The van der Waals surface area contributed by atoms with Crippen molar-refractivity contribution in [1.82, 2.24) is 4.98 Å². The van der Waals surface area contributed by atoms with Crippen molar-refractivity contribution >= 4 is 27.6 Å². The highest BCUT2D eigenvalue weighted by Crippen LogP contribution is 2.27. The van der Waals surface area contributed by atoms with Gasteiger partial charge >= 0.3 is 0 Å². The molecule has 0 aliphatic carbocycles. The Morgan fingerprint density at radius 1 is 1.35 bits per heavy atom. The lowest BCUT2D eigenvalue weighted by atomic mass is 9.97. The monoisotopic (exact) mass is 291 g/mol. The first-order valence-corrected chi connectivity index (χ1v) is 7.40. The van der Waals surface area contributed by atoms with Crippen molar-refractivity contribution in [3.05, 3.63) is 42.2 Å². The molecule has 2 N–H and O–H groups in total. The number of fused-ring (bicyclic) bond motifs is 1. The Hall–Kier alpha value is -1.43. The van der Waals surface area contributed by atoms with Crippen LogP contribution in [0.2, 0.25) is 0 Å². The van der Waals surface area contributed by atoms with E-state index in [2.05, 4.69) is 4.98 Å². The summed E-state index contributed by atoms with van der Waals surface area (Å²) in [6.07, 6.45) is 1.90. The highest BCUT2D eigenvalue weighted by atomic mass is 32.2. The topological polar surface area (TPSA) is 70.4 Å². The summed E-state index contributed by atoms with van der Waals surface area (Å²) in [5.74, 6) is 0.500. The van der Waals surface area contributed by atoms with Crippen LogP contribution in [0.25, 0.3) is 10.8 Å². The van der Waals surface area contributed by atoms with E-state index in [9.17, 15) is 15.0 Å². The Labute approximate surface area is 121 Å². The minimum atomic E-state index is -0.964. The van der Waals surface area contributed by atoms with Gasteiger partial charge in [0.1, 0.15) is 6.10 Å². The molecule has 1 aromatic carbocycles. The normalized spacial score (nSPS) is 14.2. The quantitative estimate of drug-likeness (QED) is 0.884. The van der Waals surface area contributed by atoms with E-state index < -0.39 is 12.2 Å². The van der Waals surface area contributed by atoms with Crippen LogP contribution in [0.3, 0.4) is 0 Å². The number of carbonyl (C=O) groups excluding carboxylic acids is 1. The highest BCUT2D eigenvalue weighted by Gasteiger charge is 2.20. The first-order valence-electron chi connectivity index (χ1n) is 6.41. The molecule has 0 radical (unpaired) electrons. The fourth-order valence-corrected chi connectivity index (χ4v) is 2.74. The van der Waals surface area contributed by atoms with Crippen LogP contribution in [0.1, 0.15) is 25.0 Å². The maximum atomic E-state index is 10.9. The number of aromatic nitrogens is 1. The van der Waals surface area contributed by atoms with Gasteiger partial charge in [-0.15, -0.1) is 0 Å².